The van der Waals surface area contributed by atoms with E-state index in [2.05, 4.69) is 13.0 Å². The lowest BCUT2D eigenvalue weighted by molar-refractivity contribution is 0.433. The van der Waals surface area contributed by atoms with E-state index in [9.17, 15) is 0 Å². The summed E-state index contributed by atoms with van der Waals surface area (Å²) in [7, 11) is 0. The molecule has 0 aliphatic carbocycles. The van der Waals surface area contributed by atoms with Gasteiger partial charge in [-0.3, -0.25) is 0 Å². The van der Waals surface area contributed by atoms with Crippen LogP contribution in [0.2, 0.25) is 0 Å². The van der Waals surface area contributed by atoms with Crippen molar-refractivity contribution in [2.24, 2.45) is 11.1 Å². The first-order valence-electron chi connectivity index (χ1n) is 5.25. The minimum atomic E-state index is -0.149. The van der Waals surface area contributed by atoms with Crippen molar-refractivity contribution in [1.29, 1.82) is 5.26 Å². The van der Waals surface area contributed by atoms with Gasteiger partial charge in [-0.1, -0.05) is 13.3 Å². The lowest BCUT2D eigenvalue weighted by atomic mass is 9.89. The fourth-order valence-corrected chi connectivity index (χ4v) is 1.99. The molecule has 0 aliphatic rings. The Morgan fingerprint density at radius 1 is 1.43 bits per heavy atom. The number of hydrogen-bond acceptors (Lipinski definition) is 3. The standard InChI is InChI=1S/C11H22N2S/c1-10(8-12)14-7-5-4-6-11(2,3)9-13/h10H,4-8,12H2,1-3H3. The lowest BCUT2D eigenvalue weighted by Gasteiger charge is -2.14. The smallest absolute Gasteiger partial charge is 0.0683 e. The Balaban J connectivity index is 3.35. The molecule has 2 N–H and O–H groups in total. The van der Waals surface area contributed by atoms with Gasteiger partial charge in [0.2, 0.25) is 0 Å². The van der Waals surface area contributed by atoms with Gasteiger partial charge < -0.3 is 5.73 Å². The Morgan fingerprint density at radius 3 is 2.57 bits per heavy atom. The fraction of sp³-hybridized carbons (Fsp3) is 0.909. The van der Waals surface area contributed by atoms with Crippen LogP contribution in [0.3, 0.4) is 0 Å². The molecular weight excluding hydrogens is 192 g/mol. The predicted octanol–water partition coefficient (Wildman–Crippen LogP) is 2.79. The molecule has 2 nitrogen and oxygen atoms in total. The van der Waals surface area contributed by atoms with Gasteiger partial charge in [0, 0.05) is 11.8 Å². The van der Waals surface area contributed by atoms with Crippen LogP contribution in [0.5, 0.6) is 0 Å². The number of nitrogens with two attached hydrogens (primary N) is 1. The normalized spacial score (nSPS) is 13.6. The first-order chi connectivity index (χ1) is 6.52. The maximum Gasteiger partial charge on any atom is 0.0683 e. The summed E-state index contributed by atoms with van der Waals surface area (Å²) in [5.41, 5.74) is 5.37. The summed E-state index contributed by atoms with van der Waals surface area (Å²) in [4.78, 5) is 0. The monoisotopic (exact) mass is 214 g/mol. The van der Waals surface area contributed by atoms with E-state index in [1.165, 1.54) is 12.2 Å². The van der Waals surface area contributed by atoms with Crippen LogP contribution < -0.4 is 5.73 Å². The zero-order valence-electron chi connectivity index (χ0n) is 9.55. The molecular formula is C11H22N2S. The van der Waals surface area contributed by atoms with Crippen LogP contribution in [0.1, 0.15) is 40.0 Å². The van der Waals surface area contributed by atoms with Gasteiger partial charge in [0.1, 0.15) is 0 Å². The molecule has 0 amide bonds. The largest absolute Gasteiger partial charge is 0.329 e. The highest BCUT2D eigenvalue weighted by atomic mass is 32.2. The molecule has 82 valence electrons. The molecule has 0 rings (SSSR count). The number of nitrogens with zero attached hydrogens (tertiary/aromatic N) is 1. The molecule has 3 heteroatoms. The molecule has 0 aromatic rings. The highest BCUT2D eigenvalue weighted by molar-refractivity contribution is 7.99. The molecule has 1 atom stereocenters. The molecule has 0 saturated carbocycles. The van der Waals surface area contributed by atoms with E-state index in [1.54, 1.807) is 0 Å². The third-order valence-electron chi connectivity index (χ3n) is 2.23. The summed E-state index contributed by atoms with van der Waals surface area (Å²) >= 11 is 1.93. The Bertz CT molecular complexity index is 184. The Labute approximate surface area is 92.2 Å². The average Bonchev–Trinajstić information content (AvgIpc) is 2.17. The van der Waals surface area contributed by atoms with Crippen molar-refractivity contribution in [2.45, 2.75) is 45.3 Å². The first kappa shape index (κ1) is 13.8. The summed E-state index contributed by atoms with van der Waals surface area (Å²) in [6, 6.07) is 2.33. The number of thioether (sulfide) groups is 1. The maximum atomic E-state index is 8.81. The van der Waals surface area contributed by atoms with Gasteiger partial charge in [0.25, 0.3) is 0 Å². The minimum Gasteiger partial charge on any atom is -0.329 e. The summed E-state index contributed by atoms with van der Waals surface area (Å²) in [6.07, 6.45) is 3.34. The van der Waals surface area contributed by atoms with Crippen molar-refractivity contribution in [3.05, 3.63) is 0 Å². The van der Waals surface area contributed by atoms with Gasteiger partial charge in [-0.25, -0.2) is 0 Å². The Morgan fingerprint density at radius 2 is 2.07 bits per heavy atom. The van der Waals surface area contributed by atoms with Crippen molar-refractivity contribution in [2.75, 3.05) is 12.3 Å². The van der Waals surface area contributed by atoms with Crippen molar-refractivity contribution < 1.29 is 0 Å². The van der Waals surface area contributed by atoms with Gasteiger partial charge in [-0.15, -0.1) is 0 Å². The second-order valence-electron chi connectivity index (χ2n) is 4.37. The molecule has 0 radical (unpaired) electrons. The fourth-order valence-electron chi connectivity index (χ4n) is 1.08. The van der Waals surface area contributed by atoms with Crippen molar-refractivity contribution >= 4 is 11.8 Å². The predicted molar refractivity (Wildman–Crippen MR) is 64.2 cm³/mol. The van der Waals surface area contributed by atoms with E-state index >= 15 is 0 Å². The molecule has 0 bridgehead atoms. The van der Waals surface area contributed by atoms with E-state index in [-0.39, 0.29) is 5.41 Å². The van der Waals surface area contributed by atoms with Crippen LogP contribution in [-0.4, -0.2) is 17.5 Å². The van der Waals surface area contributed by atoms with Crippen LogP contribution in [0.4, 0.5) is 0 Å². The van der Waals surface area contributed by atoms with E-state index in [0.29, 0.717) is 5.25 Å². The number of unbranched alkanes of at least 4 members (excludes halogenated alkanes) is 1. The summed E-state index contributed by atoms with van der Waals surface area (Å²) < 4.78 is 0. The van der Waals surface area contributed by atoms with Gasteiger partial charge in [0.15, 0.2) is 0 Å². The maximum absolute atomic E-state index is 8.81. The molecule has 0 aromatic heterocycles. The van der Waals surface area contributed by atoms with Crippen LogP contribution in [0.25, 0.3) is 0 Å². The van der Waals surface area contributed by atoms with E-state index in [0.717, 1.165) is 19.4 Å². The average molecular weight is 214 g/mol. The Hall–Kier alpha value is -0.200. The SMILES string of the molecule is CC(CN)SCCCCC(C)(C)C#N. The third-order valence-corrected chi connectivity index (χ3v) is 3.52. The Kier molecular flexibility index (Phi) is 7.04. The molecule has 14 heavy (non-hydrogen) atoms. The summed E-state index contributed by atoms with van der Waals surface area (Å²) in [6.45, 7) is 6.92. The molecule has 0 saturated heterocycles. The highest BCUT2D eigenvalue weighted by Crippen LogP contribution is 2.22. The quantitative estimate of drug-likeness (QED) is 0.663. The van der Waals surface area contributed by atoms with E-state index < -0.39 is 0 Å². The van der Waals surface area contributed by atoms with Crippen LogP contribution in [0.15, 0.2) is 0 Å². The molecule has 0 heterocycles. The van der Waals surface area contributed by atoms with Crippen molar-refractivity contribution in [3.8, 4) is 6.07 Å². The molecule has 0 aliphatic heterocycles. The van der Waals surface area contributed by atoms with Gasteiger partial charge >= 0.3 is 0 Å². The first-order valence-corrected chi connectivity index (χ1v) is 6.29. The number of rotatable bonds is 7. The number of nitriles is 1. The molecule has 1 unspecified atom stereocenters. The zero-order valence-corrected chi connectivity index (χ0v) is 10.4. The summed E-state index contributed by atoms with van der Waals surface area (Å²) in [5, 5.41) is 9.37. The van der Waals surface area contributed by atoms with Gasteiger partial charge in [0.05, 0.1) is 11.5 Å². The topological polar surface area (TPSA) is 49.8 Å². The van der Waals surface area contributed by atoms with E-state index in [1.807, 2.05) is 25.6 Å². The van der Waals surface area contributed by atoms with E-state index in [4.69, 9.17) is 11.0 Å². The second kappa shape index (κ2) is 7.14. The van der Waals surface area contributed by atoms with Crippen LogP contribution in [-0.2, 0) is 0 Å². The molecule has 0 fully saturated rings. The van der Waals surface area contributed by atoms with Gasteiger partial charge in [-0.05, 0) is 32.4 Å². The lowest BCUT2D eigenvalue weighted by Crippen LogP contribution is -2.13. The second-order valence-corrected chi connectivity index (χ2v) is 5.92. The van der Waals surface area contributed by atoms with Crippen LogP contribution >= 0.6 is 11.8 Å². The minimum absolute atomic E-state index is 0.149. The third kappa shape index (κ3) is 7.23. The van der Waals surface area contributed by atoms with Crippen LogP contribution in [0, 0.1) is 16.7 Å². The van der Waals surface area contributed by atoms with Crippen molar-refractivity contribution in [3.63, 3.8) is 0 Å². The highest BCUT2D eigenvalue weighted by Gasteiger charge is 2.15. The molecule has 0 aromatic carbocycles. The summed E-state index contributed by atoms with van der Waals surface area (Å²) in [5.74, 6) is 1.17. The zero-order chi connectivity index (χ0) is 11.0. The van der Waals surface area contributed by atoms with Gasteiger partial charge in [-0.2, -0.15) is 17.0 Å². The molecule has 0 spiro atoms. The van der Waals surface area contributed by atoms with Crippen molar-refractivity contribution in [1.82, 2.24) is 0 Å². The number of hydrogen-bond donors (Lipinski definition) is 1.